The zero-order valence-electron chi connectivity index (χ0n) is 13.0. The van der Waals surface area contributed by atoms with Crippen LogP contribution in [0.1, 0.15) is 21.5 Å². The van der Waals surface area contributed by atoms with Gasteiger partial charge in [0, 0.05) is 16.5 Å². The molecule has 0 saturated carbocycles. The number of hydrogen-bond acceptors (Lipinski definition) is 3. The number of rotatable bonds is 5. The van der Waals surface area contributed by atoms with Crippen LogP contribution in [-0.4, -0.2) is 25.0 Å². The molecule has 0 spiro atoms. The third kappa shape index (κ3) is 4.66. The van der Waals surface area contributed by atoms with Crippen LogP contribution in [0.3, 0.4) is 0 Å². The maximum atomic E-state index is 12.4. The van der Waals surface area contributed by atoms with Crippen molar-refractivity contribution < 1.29 is 14.3 Å². The zero-order chi connectivity index (χ0) is 16.8. The third-order valence-electron chi connectivity index (χ3n) is 3.49. The highest BCUT2D eigenvalue weighted by Gasteiger charge is 2.22. The standard InChI is InChI=1S/C18H18BrNO3/c1-12-10-14(8-9-15(12)19)17(21)20-16(18(22)23-2)11-13-6-4-3-5-7-13/h3-10,16H,11H2,1-2H3,(H,20,21). The molecule has 1 amide bonds. The molecule has 120 valence electrons. The van der Waals surface area contributed by atoms with Gasteiger partial charge in [0.1, 0.15) is 6.04 Å². The Kier molecular flexibility index (Phi) is 5.93. The molecule has 2 aromatic rings. The van der Waals surface area contributed by atoms with Crippen molar-refractivity contribution >= 4 is 27.8 Å². The average Bonchev–Trinajstić information content (AvgIpc) is 2.56. The number of carbonyl (C=O) groups excluding carboxylic acids is 2. The number of halogens is 1. The summed E-state index contributed by atoms with van der Waals surface area (Å²) >= 11 is 3.40. The van der Waals surface area contributed by atoms with Crippen LogP contribution in [0.5, 0.6) is 0 Å². The highest BCUT2D eigenvalue weighted by molar-refractivity contribution is 9.10. The highest BCUT2D eigenvalue weighted by atomic mass is 79.9. The van der Waals surface area contributed by atoms with Crippen molar-refractivity contribution in [3.8, 4) is 0 Å². The average molecular weight is 376 g/mol. The maximum Gasteiger partial charge on any atom is 0.328 e. The predicted octanol–water partition coefficient (Wildman–Crippen LogP) is 3.27. The molecule has 23 heavy (non-hydrogen) atoms. The zero-order valence-corrected chi connectivity index (χ0v) is 14.6. The van der Waals surface area contributed by atoms with Crippen LogP contribution in [-0.2, 0) is 16.0 Å². The van der Waals surface area contributed by atoms with Crippen molar-refractivity contribution in [1.82, 2.24) is 5.32 Å². The van der Waals surface area contributed by atoms with E-state index in [1.54, 1.807) is 12.1 Å². The summed E-state index contributed by atoms with van der Waals surface area (Å²) in [5, 5.41) is 2.75. The number of amides is 1. The summed E-state index contributed by atoms with van der Waals surface area (Å²) < 4.78 is 5.74. The van der Waals surface area contributed by atoms with E-state index in [1.807, 2.05) is 43.3 Å². The van der Waals surface area contributed by atoms with E-state index in [0.29, 0.717) is 12.0 Å². The van der Waals surface area contributed by atoms with Crippen molar-refractivity contribution in [3.05, 3.63) is 69.7 Å². The van der Waals surface area contributed by atoms with Crippen LogP contribution in [0.15, 0.2) is 53.0 Å². The van der Waals surface area contributed by atoms with E-state index in [4.69, 9.17) is 4.74 Å². The molecular weight excluding hydrogens is 358 g/mol. The molecule has 0 aromatic heterocycles. The van der Waals surface area contributed by atoms with Gasteiger partial charge in [-0.3, -0.25) is 4.79 Å². The van der Waals surface area contributed by atoms with Gasteiger partial charge in [-0.15, -0.1) is 0 Å². The molecule has 5 heteroatoms. The summed E-state index contributed by atoms with van der Waals surface area (Å²) in [5.41, 5.74) is 2.41. The lowest BCUT2D eigenvalue weighted by atomic mass is 10.0. The molecule has 1 N–H and O–H groups in total. The van der Waals surface area contributed by atoms with Gasteiger partial charge in [-0.25, -0.2) is 4.79 Å². The molecule has 0 heterocycles. The Bertz CT molecular complexity index is 701. The highest BCUT2D eigenvalue weighted by Crippen LogP contribution is 2.17. The van der Waals surface area contributed by atoms with Gasteiger partial charge in [0.2, 0.25) is 0 Å². The van der Waals surface area contributed by atoms with Gasteiger partial charge in [0.25, 0.3) is 5.91 Å². The number of methoxy groups -OCH3 is 1. The Balaban J connectivity index is 2.15. The predicted molar refractivity (Wildman–Crippen MR) is 92.3 cm³/mol. The molecule has 2 aromatic carbocycles. The minimum atomic E-state index is -0.723. The smallest absolute Gasteiger partial charge is 0.328 e. The number of aryl methyl sites for hydroxylation is 1. The maximum absolute atomic E-state index is 12.4. The normalized spacial score (nSPS) is 11.6. The molecular formula is C18H18BrNO3. The van der Waals surface area contributed by atoms with E-state index >= 15 is 0 Å². The topological polar surface area (TPSA) is 55.4 Å². The first-order valence-electron chi connectivity index (χ1n) is 7.20. The quantitative estimate of drug-likeness (QED) is 0.815. The molecule has 0 bridgehead atoms. The van der Waals surface area contributed by atoms with E-state index < -0.39 is 12.0 Å². The van der Waals surface area contributed by atoms with Crippen LogP contribution >= 0.6 is 15.9 Å². The lowest BCUT2D eigenvalue weighted by Gasteiger charge is -2.17. The van der Waals surface area contributed by atoms with Gasteiger partial charge >= 0.3 is 5.97 Å². The first kappa shape index (κ1) is 17.2. The van der Waals surface area contributed by atoms with Gasteiger partial charge < -0.3 is 10.1 Å². The number of nitrogens with one attached hydrogen (secondary N) is 1. The fraction of sp³-hybridized carbons (Fsp3) is 0.222. The number of hydrogen-bond donors (Lipinski definition) is 1. The van der Waals surface area contributed by atoms with Crippen molar-refractivity contribution in [3.63, 3.8) is 0 Å². The van der Waals surface area contributed by atoms with E-state index in [2.05, 4.69) is 21.2 Å². The molecule has 0 fully saturated rings. The van der Waals surface area contributed by atoms with E-state index in [-0.39, 0.29) is 5.91 Å². The number of esters is 1. The van der Waals surface area contributed by atoms with Crippen LogP contribution in [0.4, 0.5) is 0 Å². The molecule has 0 aliphatic rings. The fourth-order valence-electron chi connectivity index (χ4n) is 2.21. The largest absolute Gasteiger partial charge is 0.467 e. The number of ether oxygens (including phenoxy) is 1. The second kappa shape index (κ2) is 7.92. The summed E-state index contributed by atoms with van der Waals surface area (Å²) in [5.74, 6) is -0.761. The van der Waals surface area contributed by atoms with Gasteiger partial charge in [-0.05, 0) is 36.2 Å². The fourth-order valence-corrected chi connectivity index (χ4v) is 2.46. The monoisotopic (exact) mass is 375 g/mol. The molecule has 0 radical (unpaired) electrons. The minimum Gasteiger partial charge on any atom is -0.467 e. The van der Waals surface area contributed by atoms with Crippen molar-refractivity contribution in [2.75, 3.05) is 7.11 Å². The Morgan fingerprint density at radius 2 is 1.87 bits per heavy atom. The molecule has 0 aliphatic carbocycles. The van der Waals surface area contributed by atoms with Crippen molar-refractivity contribution in [2.45, 2.75) is 19.4 Å². The van der Waals surface area contributed by atoms with E-state index in [0.717, 1.165) is 15.6 Å². The summed E-state index contributed by atoms with van der Waals surface area (Å²) in [7, 11) is 1.32. The van der Waals surface area contributed by atoms with Crippen molar-refractivity contribution in [2.24, 2.45) is 0 Å². The molecule has 4 nitrogen and oxygen atoms in total. The summed E-state index contributed by atoms with van der Waals surface area (Å²) in [4.78, 5) is 24.4. The number of carbonyl (C=O) groups is 2. The lowest BCUT2D eigenvalue weighted by molar-refractivity contribution is -0.142. The summed E-state index contributed by atoms with van der Waals surface area (Å²) in [6, 6.07) is 14.1. The Hall–Kier alpha value is -2.14. The first-order chi connectivity index (χ1) is 11.0. The Morgan fingerprint density at radius 1 is 1.17 bits per heavy atom. The molecule has 2 rings (SSSR count). The third-order valence-corrected chi connectivity index (χ3v) is 4.38. The molecule has 1 unspecified atom stereocenters. The summed E-state index contributed by atoms with van der Waals surface area (Å²) in [6.07, 6.45) is 0.384. The second-order valence-corrected chi connectivity index (χ2v) is 6.06. The first-order valence-corrected chi connectivity index (χ1v) is 7.99. The van der Waals surface area contributed by atoms with Crippen molar-refractivity contribution in [1.29, 1.82) is 0 Å². The molecule has 1 atom stereocenters. The van der Waals surface area contributed by atoms with E-state index in [9.17, 15) is 9.59 Å². The van der Waals surface area contributed by atoms with Crippen LogP contribution in [0.2, 0.25) is 0 Å². The lowest BCUT2D eigenvalue weighted by Crippen LogP contribution is -2.43. The van der Waals surface area contributed by atoms with E-state index in [1.165, 1.54) is 7.11 Å². The van der Waals surface area contributed by atoms with Crippen LogP contribution in [0, 0.1) is 6.92 Å². The van der Waals surface area contributed by atoms with Gasteiger partial charge in [0.05, 0.1) is 7.11 Å². The van der Waals surface area contributed by atoms with Gasteiger partial charge in [-0.2, -0.15) is 0 Å². The Morgan fingerprint density at radius 3 is 2.48 bits per heavy atom. The van der Waals surface area contributed by atoms with Gasteiger partial charge in [-0.1, -0.05) is 46.3 Å². The van der Waals surface area contributed by atoms with Crippen LogP contribution in [0.25, 0.3) is 0 Å². The van der Waals surface area contributed by atoms with Crippen LogP contribution < -0.4 is 5.32 Å². The SMILES string of the molecule is COC(=O)C(Cc1ccccc1)NC(=O)c1ccc(Br)c(C)c1. The molecule has 0 saturated heterocycles. The molecule has 0 aliphatic heterocycles. The van der Waals surface area contributed by atoms with Gasteiger partial charge in [0.15, 0.2) is 0 Å². The summed E-state index contributed by atoms with van der Waals surface area (Å²) in [6.45, 7) is 1.91. The second-order valence-electron chi connectivity index (χ2n) is 5.20. The minimum absolute atomic E-state index is 0.299. The number of benzene rings is 2. The Labute approximate surface area is 144 Å².